The van der Waals surface area contributed by atoms with Gasteiger partial charge in [0.05, 0.1) is 23.4 Å². The van der Waals surface area contributed by atoms with E-state index in [0.29, 0.717) is 12.0 Å². The summed E-state index contributed by atoms with van der Waals surface area (Å²) in [6.45, 7) is 1.87. The number of para-hydroxylation sites is 1. The number of hydrogen-bond acceptors (Lipinski definition) is 4. The van der Waals surface area contributed by atoms with Crippen LogP contribution in [0, 0.1) is 0 Å². The van der Waals surface area contributed by atoms with Crippen molar-refractivity contribution in [3.8, 4) is 5.75 Å². The molecule has 0 amide bonds. The molecule has 0 spiro atoms. The predicted molar refractivity (Wildman–Crippen MR) is 80.5 cm³/mol. The normalized spacial score (nSPS) is 25.2. The maximum absolute atomic E-state index is 5.88. The molecule has 2 unspecified atom stereocenters. The van der Waals surface area contributed by atoms with Crippen LogP contribution in [0.1, 0.15) is 41.1 Å². The number of thiazole rings is 1. The first-order valence-electron chi connectivity index (χ1n) is 7.29. The summed E-state index contributed by atoms with van der Waals surface area (Å²) in [4.78, 5) is 4.86. The maximum atomic E-state index is 5.88. The first-order chi connectivity index (χ1) is 9.90. The average Bonchev–Trinajstić information content (AvgIpc) is 3.17. The van der Waals surface area contributed by atoms with Gasteiger partial charge in [-0.25, -0.2) is 4.98 Å². The van der Waals surface area contributed by atoms with Crippen LogP contribution >= 0.6 is 11.3 Å². The second kappa shape index (κ2) is 5.19. The van der Waals surface area contributed by atoms with Crippen LogP contribution in [0.5, 0.6) is 5.75 Å². The fourth-order valence-electron chi connectivity index (χ4n) is 3.07. The third-order valence-corrected chi connectivity index (χ3v) is 5.21. The minimum absolute atomic E-state index is 0.407. The highest BCUT2D eigenvalue weighted by Crippen LogP contribution is 2.34. The van der Waals surface area contributed by atoms with Gasteiger partial charge in [0.25, 0.3) is 0 Å². The number of hydrogen-bond donors (Lipinski definition) is 1. The van der Waals surface area contributed by atoms with E-state index < -0.39 is 0 Å². The van der Waals surface area contributed by atoms with E-state index in [-0.39, 0.29) is 0 Å². The Morgan fingerprint density at radius 2 is 2.25 bits per heavy atom. The van der Waals surface area contributed by atoms with Crippen molar-refractivity contribution in [1.29, 1.82) is 0 Å². The van der Waals surface area contributed by atoms with Crippen molar-refractivity contribution in [2.45, 2.75) is 31.2 Å². The quantitative estimate of drug-likeness (QED) is 0.920. The molecule has 2 aliphatic heterocycles. The van der Waals surface area contributed by atoms with E-state index in [1.807, 2.05) is 6.07 Å². The minimum atomic E-state index is 0.407. The van der Waals surface area contributed by atoms with Crippen LogP contribution in [0.15, 0.2) is 29.6 Å². The van der Waals surface area contributed by atoms with Crippen molar-refractivity contribution in [3.05, 3.63) is 45.9 Å². The van der Waals surface area contributed by atoms with E-state index in [1.165, 1.54) is 29.1 Å². The average molecular weight is 286 g/mol. The summed E-state index contributed by atoms with van der Waals surface area (Å²) < 4.78 is 5.88. The fourth-order valence-corrected chi connectivity index (χ4v) is 4.03. The highest BCUT2D eigenvalue weighted by molar-refractivity contribution is 7.09. The summed E-state index contributed by atoms with van der Waals surface area (Å²) in [6, 6.07) is 8.81. The molecule has 3 heterocycles. The second-order valence-corrected chi connectivity index (χ2v) is 6.47. The summed E-state index contributed by atoms with van der Waals surface area (Å²) in [5.74, 6) is 1.45. The molecule has 0 radical (unpaired) electrons. The summed E-state index contributed by atoms with van der Waals surface area (Å²) in [7, 11) is 0. The van der Waals surface area contributed by atoms with Gasteiger partial charge >= 0.3 is 0 Å². The number of aromatic nitrogens is 1. The minimum Gasteiger partial charge on any atom is -0.493 e. The molecule has 1 aromatic heterocycles. The lowest BCUT2D eigenvalue weighted by Gasteiger charge is -2.23. The summed E-state index contributed by atoms with van der Waals surface area (Å²) >= 11 is 1.79. The number of nitrogens with zero attached hydrogens (tertiary/aromatic N) is 1. The van der Waals surface area contributed by atoms with Gasteiger partial charge in [0.1, 0.15) is 5.75 Å². The van der Waals surface area contributed by atoms with E-state index >= 15 is 0 Å². The Morgan fingerprint density at radius 3 is 3.15 bits per heavy atom. The Balaban J connectivity index is 1.54. The zero-order valence-corrected chi connectivity index (χ0v) is 12.2. The van der Waals surface area contributed by atoms with Crippen LogP contribution in [-0.4, -0.2) is 18.1 Å². The molecule has 0 bridgehead atoms. The van der Waals surface area contributed by atoms with Crippen LogP contribution in [-0.2, 0) is 6.42 Å². The van der Waals surface area contributed by atoms with Crippen molar-refractivity contribution in [3.63, 3.8) is 0 Å². The number of fused-ring (bicyclic) bond motifs is 1. The zero-order valence-electron chi connectivity index (χ0n) is 11.3. The highest BCUT2D eigenvalue weighted by atomic mass is 32.1. The molecular weight excluding hydrogens is 268 g/mol. The largest absolute Gasteiger partial charge is 0.493 e. The molecule has 1 aromatic carbocycles. The molecule has 104 valence electrons. The third kappa shape index (κ3) is 2.23. The monoisotopic (exact) mass is 286 g/mol. The topological polar surface area (TPSA) is 34.2 Å². The Morgan fingerprint density at radius 1 is 1.30 bits per heavy atom. The molecular formula is C16H18N2OS. The Kier molecular flexibility index (Phi) is 3.20. The highest BCUT2D eigenvalue weighted by Gasteiger charge is 2.25. The third-order valence-electron chi connectivity index (χ3n) is 4.19. The fraction of sp³-hybridized carbons (Fsp3) is 0.438. The first kappa shape index (κ1) is 12.4. The van der Waals surface area contributed by atoms with Crippen molar-refractivity contribution in [2.24, 2.45) is 0 Å². The van der Waals surface area contributed by atoms with Crippen LogP contribution in [0.4, 0.5) is 0 Å². The van der Waals surface area contributed by atoms with Gasteiger partial charge in [-0.15, -0.1) is 11.3 Å². The lowest BCUT2D eigenvalue weighted by atomic mass is 9.97. The summed E-state index contributed by atoms with van der Waals surface area (Å²) in [6.07, 6.45) is 3.52. The molecule has 4 heteroatoms. The van der Waals surface area contributed by atoms with Gasteiger partial charge in [0.15, 0.2) is 0 Å². The number of rotatable bonds is 2. The molecule has 1 fully saturated rings. The SMILES string of the molecule is c1ccc2c(c1)CC(c1nc(C3CCCN3)cs1)CO2. The molecule has 0 saturated carbocycles. The Bertz CT molecular complexity index is 604. The molecule has 2 aromatic rings. The molecule has 4 rings (SSSR count). The Hall–Kier alpha value is -1.39. The van der Waals surface area contributed by atoms with Gasteiger partial charge in [0.2, 0.25) is 0 Å². The van der Waals surface area contributed by atoms with Gasteiger partial charge in [-0.1, -0.05) is 18.2 Å². The second-order valence-electron chi connectivity index (χ2n) is 5.58. The van der Waals surface area contributed by atoms with Crippen LogP contribution in [0.3, 0.4) is 0 Å². The van der Waals surface area contributed by atoms with Crippen LogP contribution in [0.25, 0.3) is 0 Å². The van der Waals surface area contributed by atoms with Gasteiger partial charge in [-0.3, -0.25) is 0 Å². The lowest BCUT2D eigenvalue weighted by molar-refractivity contribution is 0.262. The molecule has 20 heavy (non-hydrogen) atoms. The van der Waals surface area contributed by atoms with Gasteiger partial charge in [0, 0.05) is 11.3 Å². The van der Waals surface area contributed by atoms with E-state index in [9.17, 15) is 0 Å². The summed E-state index contributed by atoms with van der Waals surface area (Å²) in [5, 5.41) is 6.96. The first-order valence-corrected chi connectivity index (χ1v) is 8.17. The number of nitrogens with one attached hydrogen (secondary N) is 1. The van der Waals surface area contributed by atoms with E-state index in [0.717, 1.165) is 25.3 Å². The van der Waals surface area contributed by atoms with Gasteiger partial charge < -0.3 is 10.1 Å². The molecule has 1 N–H and O–H groups in total. The van der Waals surface area contributed by atoms with Crippen molar-refractivity contribution in [2.75, 3.05) is 13.2 Å². The number of benzene rings is 1. The maximum Gasteiger partial charge on any atom is 0.122 e. The Labute approximate surface area is 123 Å². The van der Waals surface area contributed by atoms with E-state index in [1.54, 1.807) is 11.3 Å². The van der Waals surface area contributed by atoms with E-state index in [4.69, 9.17) is 9.72 Å². The zero-order chi connectivity index (χ0) is 13.4. The van der Waals surface area contributed by atoms with Crippen molar-refractivity contribution < 1.29 is 4.74 Å². The van der Waals surface area contributed by atoms with Crippen molar-refractivity contribution in [1.82, 2.24) is 10.3 Å². The summed E-state index contributed by atoms with van der Waals surface area (Å²) in [5.41, 5.74) is 2.53. The number of ether oxygens (including phenoxy) is 1. The van der Waals surface area contributed by atoms with E-state index in [2.05, 4.69) is 28.9 Å². The molecule has 2 aliphatic rings. The predicted octanol–water partition coefficient (Wildman–Crippen LogP) is 3.29. The van der Waals surface area contributed by atoms with Crippen LogP contribution < -0.4 is 10.1 Å². The van der Waals surface area contributed by atoms with Crippen molar-refractivity contribution >= 4 is 11.3 Å². The van der Waals surface area contributed by atoms with Gasteiger partial charge in [-0.2, -0.15) is 0 Å². The molecule has 3 nitrogen and oxygen atoms in total. The molecule has 2 atom stereocenters. The van der Waals surface area contributed by atoms with Crippen LogP contribution in [0.2, 0.25) is 0 Å². The van der Waals surface area contributed by atoms with Gasteiger partial charge in [-0.05, 0) is 37.4 Å². The standard InChI is InChI=1S/C16H18N2OS/c1-2-6-15-11(4-1)8-12(9-19-15)16-18-14(10-20-16)13-5-3-7-17-13/h1-2,4,6,10,12-13,17H,3,5,7-9H2. The lowest BCUT2D eigenvalue weighted by Crippen LogP contribution is -2.19. The smallest absolute Gasteiger partial charge is 0.122 e. The molecule has 0 aliphatic carbocycles. The molecule has 1 saturated heterocycles.